The van der Waals surface area contributed by atoms with Crippen molar-refractivity contribution in [3.8, 4) is 5.69 Å². The third kappa shape index (κ3) is 3.17. The maximum Gasteiger partial charge on any atom is 0.296 e. The SMILES string of the molecule is CN(C)C(=O)Cc1nn(-c2cccc(F)c2)c(=O)c2c1c1ccc(Cl)cc1n2C. The zero-order valence-electron chi connectivity index (χ0n) is 16.1. The highest BCUT2D eigenvalue weighted by molar-refractivity contribution is 6.31. The van der Waals surface area contributed by atoms with Crippen molar-refractivity contribution in [2.45, 2.75) is 6.42 Å². The van der Waals surface area contributed by atoms with Gasteiger partial charge in [0.05, 0.1) is 23.3 Å². The van der Waals surface area contributed by atoms with Gasteiger partial charge in [-0.25, -0.2) is 4.39 Å². The van der Waals surface area contributed by atoms with E-state index in [0.29, 0.717) is 27.3 Å². The molecule has 0 aliphatic carbocycles. The topological polar surface area (TPSA) is 60.1 Å². The molecule has 0 spiro atoms. The fourth-order valence-corrected chi connectivity index (χ4v) is 3.64. The van der Waals surface area contributed by atoms with Crippen molar-refractivity contribution in [1.82, 2.24) is 19.2 Å². The monoisotopic (exact) mass is 412 g/mol. The fraction of sp³-hybridized carbons (Fsp3) is 0.190. The van der Waals surface area contributed by atoms with E-state index in [-0.39, 0.29) is 12.3 Å². The molecule has 0 unspecified atom stereocenters. The van der Waals surface area contributed by atoms with Gasteiger partial charge < -0.3 is 9.47 Å². The summed E-state index contributed by atoms with van der Waals surface area (Å²) in [5.41, 5.74) is 1.46. The molecule has 0 saturated heterocycles. The second kappa shape index (κ2) is 7.00. The first-order valence-electron chi connectivity index (χ1n) is 8.94. The number of hydrogen-bond donors (Lipinski definition) is 0. The van der Waals surface area contributed by atoms with Crippen molar-refractivity contribution in [2.75, 3.05) is 14.1 Å². The molecular formula is C21H18ClFN4O2. The van der Waals surface area contributed by atoms with Crippen molar-refractivity contribution >= 4 is 39.3 Å². The minimum absolute atomic E-state index is 0.000829. The maximum absolute atomic E-state index is 13.8. The van der Waals surface area contributed by atoms with Gasteiger partial charge in [-0.3, -0.25) is 9.59 Å². The molecule has 2 aromatic heterocycles. The van der Waals surface area contributed by atoms with Gasteiger partial charge in [0.25, 0.3) is 5.56 Å². The largest absolute Gasteiger partial charge is 0.348 e. The number of hydrogen-bond acceptors (Lipinski definition) is 3. The lowest BCUT2D eigenvalue weighted by molar-refractivity contribution is -0.128. The molecule has 0 aliphatic heterocycles. The van der Waals surface area contributed by atoms with Crippen molar-refractivity contribution in [3.63, 3.8) is 0 Å². The summed E-state index contributed by atoms with van der Waals surface area (Å²) in [6.45, 7) is 0. The molecule has 148 valence electrons. The molecule has 1 amide bonds. The van der Waals surface area contributed by atoms with Crippen LogP contribution in [0.3, 0.4) is 0 Å². The summed E-state index contributed by atoms with van der Waals surface area (Å²) in [5.74, 6) is -0.639. The van der Waals surface area contributed by atoms with Gasteiger partial charge in [-0.15, -0.1) is 0 Å². The van der Waals surface area contributed by atoms with Crippen LogP contribution in [0.2, 0.25) is 5.02 Å². The Kier molecular flexibility index (Phi) is 4.62. The zero-order valence-corrected chi connectivity index (χ0v) is 16.9. The number of benzene rings is 2. The quantitative estimate of drug-likeness (QED) is 0.518. The Balaban J connectivity index is 2.13. The smallest absolute Gasteiger partial charge is 0.296 e. The number of carbonyl (C=O) groups excluding carboxylic acids is 1. The number of likely N-dealkylation sites (N-methyl/N-ethyl adjacent to an activating group) is 1. The number of amides is 1. The summed E-state index contributed by atoms with van der Waals surface area (Å²) in [6, 6.07) is 11.0. The Morgan fingerprint density at radius 3 is 2.66 bits per heavy atom. The van der Waals surface area contributed by atoms with Crippen LogP contribution in [0, 0.1) is 5.82 Å². The normalized spacial score (nSPS) is 11.3. The minimum atomic E-state index is -0.481. The summed E-state index contributed by atoms with van der Waals surface area (Å²) in [4.78, 5) is 27.2. The van der Waals surface area contributed by atoms with Crippen LogP contribution in [0.1, 0.15) is 5.69 Å². The van der Waals surface area contributed by atoms with E-state index in [4.69, 9.17) is 11.6 Å². The van der Waals surface area contributed by atoms with Crippen LogP contribution in [-0.2, 0) is 18.3 Å². The highest BCUT2D eigenvalue weighted by Crippen LogP contribution is 2.30. The Labute approximate surface area is 170 Å². The molecule has 0 fully saturated rings. The van der Waals surface area contributed by atoms with Gasteiger partial charge in [-0.2, -0.15) is 9.78 Å². The second-order valence-electron chi connectivity index (χ2n) is 7.05. The Morgan fingerprint density at radius 2 is 1.97 bits per heavy atom. The van der Waals surface area contributed by atoms with Crippen LogP contribution < -0.4 is 5.56 Å². The lowest BCUT2D eigenvalue weighted by atomic mass is 10.1. The maximum atomic E-state index is 13.8. The molecule has 2 heterocycles. The molecule has 0 aliphatic rings. The standard InChI is InChI=1S/C21H18ClFN4O2/c1-25(2)18(28)11-16-19-15-8-7-12(22)9-17(15)26(3)20(19)21(29)27(24-16)14-6-4-5-13(23)10-14/h4-10H,11H2,1-3H3. The average Bonchev–Trinajstić information content (AvgIpc) is 2.96. The zero-order chi connectivity index (χ0) is 20.9. The molecule has 6 nitrogen and oxygen atoms in total. The van der Waals surface area contributed by atoms with Gasteiger partial charge in [0, 0.05) is 36.9 Å². The highest BCUT2D eigenvalue weighted by Gasteiger charge is 2.22. The first-order chi connectivity index (χ1) is 13.8. The third-order valence-electron chi connectivity index (χ3n) is 4.94. The molecule has 29 heavy (non-hydrogen) atoms. The van der Waals surface area contributed by atoms with Gasteiger partial charge in [-0.1, -0.05) is 23.7 Å². The molecule has 0 bridgehead atoms. The van der Waals surface area contributed by atoms with Crippen LogP contribution >= 0.6 is 11.6 Å². The van der Waals surface area contributed by atoms with Crippen LogP contribution in [0.4, 0.5) is 4.39 Å². The van der Waals surface area contributed by atoms with Gasteiger partial charge >= 0.3 is 0 Å². The summed E-state index contributed by atoms with van der Waals surface area (Å²) in [6.07, 6.45) is 0.000829. The molecule has 0 atom stereocenters. The van der Waals surface area contributed by atoms with E-state index in [9.17, 15) is 14.0 Å². The molecule has 0 N–H and O–H groups in total. The predicted molar refractivity (Wildman–Crippen MR) is 111 cm³/mol. The van der Waals surface area contributed by atoms with E-state index < -0.39 is 11.4 Å². The Bertz CT molecular complexity index is 1340. The molecule has 4 rings (SSSR count). The van der Waals surface area contributed by atoms with Crippen molar-refractivity contribution < 1.29 is 9.18 Å². The molecular weight excluding hydrogens is 395 g/mol. The minimum Gasteiger partial charge on any atom is -0.348 e. The molecule has 2 aromatic carbocycles. The number of fused-ring (bicyclic) bond motifs is 3. The number of halogens is 2. The van der Waals surface area contributed by atoms with E-state index in [1.807, 2.05) is 6.07 Å². The van der Waals surface area contributed by atoms with E-state index >= 15 is 0 Å². The fourth-order valence-electron chi connectivity index (χ4n) is 3.48. The number of rotatable bonds is 3. The lowest BCUT2D eigenvalue weighted by Gasteiger charge is -2.13. The molecule has 8 heteroatoms. The molecule has 4 aromatic rings. The molecule has 0 saturated carbocycles. The van der Waals surface area contributed by atoms with E-state index in [0.717, 1.165) is 15.6 Å². The predicted octanol–water partition coefficient (Wildman–Crippen LogP) is 3.30. The average molecular weight is 413 g/mol. The van der Waals surface area contributed by atoms with E-state index in [1.54, 1.807) is 43.9 Å². The number of aryl methyl sites for hydroxylation is 1. The summed E-state index contributed by atoms with van der Waals surface area (Å²) < 4.78 is 16.7. The number of aromatic nitrogens is 3. The van der Waals surface area contributed by atoms with E-state index in [1.165, 1.54) is 23.1 Å². The van der Waals surface area contributed by atoms with Crippen LogP contribution in [-0.4, -0.2) is 39.3 Å². The summed E-state index contributed by atoms with van der Waals surface area (Å²) in [7, 11) is 5.08. The van der Waals surface area contributed by atoms with Crippen LogP contribution in [0.15, 0.2) is 47.3 Å². The molecule has 0 radical (unpaired) electrons. The first-order valence-corrected chi connectivity index (χ1v) is 9.31. The first kappa shape index (κ1) is 19.1. The van der Waals surface area contributed by atoms with Gasteiger partial charge in [0.2, 0.25) is 5.91 Å². The summed E-state index contributed by atoms with van der Waals surface area (Å²) >= 11 is 6.15. The van der Waals surface area contributed by atoms with E-state index in [2.05, 4.69) is 5.10 Å². The second-order valence-corrected chi connectivity index (χ2v) is 7.49. The van der Waals surface area contributed by atoms with Crippen LogP contribution in [0.5, 0.6) is 0 Å². The lowest BCUT2D eigenvalue weighted by Crippen LogP contribution is -2.28. The Hall–Kier alpha value is -3.19. The van der Waals surface area contributed by atoms with Gasteiger partial charge in [-0.05, 0) is 30.3 Å². The van der Waals surface area contributed by atoms with Crippen molar-refractivity contribution in [2.24, 2.45) is 7.05 Å². The van der Waals surface area contributed by atoms with Gasteiger partial charge in [0.1, 0.15) is 11.3 Å². The Morgan fingerprint density at radius 1 is 1.21 bits per heavy atom. The summed E-state index contributed by atoms with van der Waals surface area (Å²) in [5, 5.41) is 6.38. The highest BCUT2D eigenvalue weighted by atomic mass is 35.5. The third-order valence-corrected chi connectivity index (χ3v) is 5.17. The van der Waals surface area contributed by atoms with Crippen molar-refractivity contribution in [1.29, 1.82) is 0 Å². The van der Waals surface area contributed by atoms with Crippen molar-refractivity contribution in [3.05, 3.63) is 69.4 Å². The van der Waals surface area contributed by atoms with Gasteiger partial charge in [0.15, 0.2) is 0 Å². The number of nitrogens with zero attached hydrogens (tertiary/aromatic N) is 4. The van der Waals surface area contributed by atoms with Crippen LogP contribution in [0.25, 0.3) is 27.5 Å². The number of carbonyl (C=O) groups is 1.